The molecule has 1 N–H and O–H groups in total. The van der Waals surface area contributed by atoms with Crippen LogP contribution in [0.3, 0.4) is 0 Å². The lowest BCUT2D eigenvalue weighted by Gasteiger charge is -2.18. The SMILES string of the molecule is CCC1CCCC(Nc2cc(F)cc(F)c2)CC1. The second-order valence-electron chi connectivity index (χ2n) is 5.28. The number of nitrogens with one attached hydrogen (secondary N) is 1. The van der Waals surface area contributed by atoms with Gasteiger partial charge in [-0.2, -0.15) is 0 Å². The quantitative estimate of drug-likeness (QED) is 0.767. The van der Waals surface area contributed by atoms with Gasteiger partial charge in [0.1, 0.15) is 11.6 Å². The molecule has 0 aromatic heterocycles. The van der Waals surface area contributed by atoms with Gasteiger partial charge in [-0.3, -0.25) is 0 Å². The Kier molecular flexibility index (Phi) is 4.56. The lowest BCUT2D eigenvalue weighted by atomic mass is 9.98. The fraction of sp³-hybridized carbons (Fsp3) is 0.600. The number of hydrogen-bond donors (Lipinski definition) is 1. The first-order valence-electron chi connectivity index (χ1n) is 6.90. The molecule has 1 fully saturated rings. The summed E-state index contributed by atoms with van der Waals surface area (Å²) in [5.74, 6) is -0.212. The minimum Gasteiger partial charge on any atom is -0.382 e. The fourth-order valence-electron chi connectivity index (χ4n) is 2.80. The molecule has 0 saturated heterocycles. The largest absolute Gasteiger partial charge is 0.382 e. The van der Waals surface area contributed by atoms with Crippen molar-refractivity contribution in [3.63, 3.8) is 0 Å². The molecule has 0 spiro atoms. The summed E-state index contributed by atoms with van der Waals surface area (Å²) in [4.78, 5) is 0. The van der Waals surface area contributed by atoms with E-state index in [0.717, 1.165) is 24.8 Å². The standard InChI is InChI=1S/C15H21F2N/c1-2-11-4-3-5-14(7-6-11)18-15-9-12(16)8-13(17)10-15/h8-11,14,18H,2-7H2,1H3. The Bertz CT molecular complexity index is 372. The van der Waals surface area contributed by atoms with E-state index in [2.05, 4.69) is 12.2 Å². The highest BCUT2D eigenvalue weighted by Gasteiger charge is 2.17. The van der Waals surface area contributed by atoms with E-state index >= 15 is 0 Å². The summed E-state index contributed by atoms with van der Waals surface area (Å²) in [6.45, 7) is 2.24. The zero-order chi connectivity index (χ0) is 13.0. The van der Waals surface area contributed by atoms with Crippen LogP contribution in [0.15, 0.2) is 18.2 Å². The average molecular weight is 253 g/mol. The van der Waals surface area contributed by atoms with Crippen LogP contribution in [0, 0.1) is 17.6 Å². The van der Waals surface area contributed by atoms with Gasteiger partial charge in [0, 0.05) is 17.8 Å². The summed E-state index contributed by atoms with van der Waals surface area (Å²) in [5, 5.41) is 3.27. The van der Waals surface area contributed by atoms with Gasteiger partial charge < -0.3 is 5.32 Å². The Balaban J connectivity index is 1.96. The van der Waals surface area contributed by atoms with E-state index in [-0.39, 0.29) is 0 Å². The van der Waals surface area contributed by atoms with E-state index in [1.165, 1.54) is 37.8 Å². The Morgan fingerprint density at radius 1 is 1.06 bits per heavy atom. The smallest absolute Gasteiger partial charge is 0.128 e. The molecule has 1 saturated carbocycles. The van der Waals surface area contributed by atoms with Gasteiger partial charge in [0.2, 0.25) is 0 Å². The summed E-state index contributed by atoms with van der Waals surface area (Å²) in [6.07, 6.45) is 7.12. The van der Waals surface area contributed by atoms with Gasteiger partial charge in [0.15, 0.2) is 0 Å². The Labute approximate surface area is 108 Å². The van der Waals surface area contributed by atoms with Gasteiger partial charge in [-0.05, 0) is 37.3 Å². The Morgan fingerprint density at radius 2 is 1.78 bits per heavy atom. The average Bonchev–Trinajstić information content (AvgIpc) is 2.53. The summed E-state index contributed by atoms with van der Waals surface area (Å²) in [7, 11) is 0. The van der Waals surface area contributed by atoms with Crippen molar-refractivity contribution in [2.45, 2.75) is 51.5 Å². The number of benzene rings is 1. The number of rotatable bonds is 3. The van der Waals surface area contributed by atoms with Crippen LogP contribution >= 0.6 is 0 Å². The molecule has 3 heteroatoms. The van der Waals surface area contributed by atoms with Crippen LogP contribution in [-0.2, 0) is 0 Å². The van der Waals surface area contributed by atoms with Crippen molar-refractivity contribution >= 4 is 5.69 Å². The van der Waals surface area contributed by atoms with Crippen molar-refractivity contribution in [1.29, 1.82) is 0 Å². The summed E-state index contributed by atoms with van der Waals surface area (Å²) in [6, 6.07) is 3.99. The lowest BCUT2D eigenvalue weighted by molar-refractivity contribution is 0.444. The van der Waals surface area contributed by atoms with Crippen LogP contribution in [0.1, 0.15) is 45.4 Å². The van der Waals surface area contributed by atoms with Crippen LogP contribution in [0.2, 0.25) is 0 Å². The maximum absolute atomic E-state index is 13.1. The normalized spacial score (nSPS) is 24.6. The molecule has 2 unspecified atom stereocenters. The second-order valence-corrected chi connectivity index (χ2v) is 5.28. The van der Waals surface area contributed by atoms with Crippen LogP contribution in [-0.4, -0.2) is 6.04 Å². The molecule has 0 radical (unpaired) electrons. The predicted molar refractivity (Wildman–Crippen MR) is 70.6 cm³/mol. The van der Waals surface area contributed by atoms with Gasteiger partial charge in [0.25, 0.3) is 0 Å². The van der Waals surface area contributed by atoms with Gasteiger partial charge >= 0.3 is 0 Å². The summed E-state index contributed by atoms with van der Waals surface area (Å²) < 4.78 is 26.2. The minimum absolute atomic E-state index is 0.350. The molecule has 1 aliphatic carbocycles. The highest BCUT2D eigenvalue weighted by atomic mass is 19.1. The zero-order valence-corrected chi connectivity index (χ0v) is 10.9. The highest BCUT2D eigenvalue weighted by Crippen LogP contribution is 2.27. The third kappa shape index (κ3) is 3.69. The number of halogens is 2. The number of anilines is 1. The molecular formula is C15H21F2N. The van der Waals surface area contributed by atoms with E-state index in [9.17, 15) is 8.78 Å². The number of hydrogen-bond acceptors (Lipinski definition) is 1. The first-order chi connectivity index (χ1) is 8.67. The van der Waals surface area contributed by atoms with E-state index < -0.39 is 11.6 Å². The lowest BCUT2D eigenvalue weighted by Crippen LogP contribution is -2.18. The molecule has 0 bridgehead atoms. The molecule has 2 atom stereocenters. The van der Waals surface area contributed by atoms with Crippen molar-refractivity contribution in [2.75, 3.05) is 5.32 Å². The van der Waals surface area contributed by atoms with Crippen molar-refractivity contribution in [1.82, 2.24) is 0 Å². The molecular weight excluding hydrogens is 232 g/mol. The Hall–Kier alpha value is -1.12. The molecule has 1 aromatic rings. The first kappa shape index (κ1) is 13.3. The van der Waals surface area contributed by atoms with Crippen LogP contribution in [0.4, 0.5) is 14.5 Å². The minimum atomic E-state index is -0.516. The fourth-order valence-corrected chi connectivity index (χ4v) is 2.80. The van der Waals surface area contributed by atoms with Gasteiger partial charge in [-0.15, -0.1) is 0 Å². The highest BCUT2D eigenvalue weighted by molar-refractivity contribution is 5.44. The van der Waals surface area contributed by atoms with Crippen LogP contribution in [0.25, 0.3) is 0 Å². The molecule has 1 aliphatic rings. The van der Waals surface area contributed by atoms with E-state index in [4.69, 9.17) is 0 Å². The van der Waals surface area contributed by atoms with Gasteiger partial charge in [-0.1, -0.05) is 26.2 Å². The third-order valence-electron chi connectivity index (χ3n) is 3.90. The zero-order valence-electron chi connectivity index (χ0n) is 10.9. The monoisotopic (exact) mass is 253 g/mol. The van der Waals surface area contributed by atoms with Crippen LogP contribution < -0.4 is 5.32 Å². The van der Waals surface area contributed by atoms with E-state index in [1.54, 1.807) is 0 Å². The van der Waals surface area contributed by atoms with Gasteiger partial charge in [-0.25, -0.2) is 8.78 Å². The molecule has 1 nitrogen and oxygen atoms in total. The topological polar surface area (TPSA) is 12.0 Å². The molecule has 0 heterocycles. The Morgan fingerprint density at radius 3 is 2.44 bits per heavy atom. The van der Waals surface area contributed by atoms with Crippen molar-refractivity contribution in [3.8, 4) is 0 Å². The molecule has 2 rings (SSSR count). The molecule has 0 amide bonds. The molecule has 1 aromatic carbocycles. The van der Waals surface area contributed by atoms with Crippen molar-refractivity contribution in [2.24, 2.45) is 5.92 Å². The van der Waals surface area contributed by atoms with Crippen molar-refractivity contribution in [3.05, 3.63) is 29.8 Å². The van der Waals surface area contributed by atoms with Crippen LogP contribution in [0.5, 0.6) is 0 Å². The van der Waals surface area contributed by atoms with Gasteiger partial charge in [0.05, 0.1) is 0 Å². The molecule has 100 valence electrons. The summed E-state index contributed by atoms with van der Waals surface area (Å²) in [5.41, 5.74) is 0.562. The summed E-state index contributed by atoms with van der Waals surface area (Å²) >= 11 is 0. The van der Waals surface area contributed by atoms with E-state index in [0.29, 0.717) is 11.7 Å². The van der Waals surface area contributed by atoms with Crippen molar-refractivity contribution < 1.29 is 8.78 Å². The molecule has 0 aliphatic heterocycles. The predicted octanol–water partition coefficient (Wildman–Crippen LogP) is 4.74. The third-order valence-corrected chi connectivity index (χ3v) is 3.90. The molecule has 18 heavy (non-hydrogen) atoms. The second kappa shape index (κ2) is 6.17. The maximum Gasteiger partial charge on any atom is 0.128 e. The first-order valence-corrected chi connectivity index (χ1v) is 6.90. The maximum atomic E-state index is 13.1. The van der Waals surface area contributed by atoms with E-state index in [1.807, 2.05) is 0 Å².